The van der Waals surface area contributed by atoms with Crippen LogP contribution in [0, 0.1) is 38.2 Å². The molecule has 0 radical (unpaired) electrons. The SMILES string of the molecule is Cc1ccc(-n2cccn2)cc1C.Cc1ccc(I)cc1C.Cc1cccc(-n2cccn2)c1.O=C=O.O=C=O.O=C=O. The van der Waals surface area contributed by atoms with Gasteiger partial charge in [0, 0.05) is 28.4 Å². The Morgan fingerprint density at radius 3 is 1.35 bits per heavy atom. The van der Waals surface area contributed by atoms with Gasteiger partial charge in [-0.3, -0.25) is 0 Å². The summed E-state index contributed by atoms with van der Waals surface area (Å²) < 4.78 is 5.04. The van der Waals surface area contributed by atoms with Gasteiger partial charge in [-0.25, -0.2) is 9.36 Å². The Labute approximate surface area is 263 Å². The van der Waals surface area contributed by atoms with Gasteiger partial charge in [0.2, 0.25) is 0 Å². The summed E-state index contributed by atoms with van der Waals surface area (Å²) in [5, 5.41) is 8.32. The number of aromatic nitrogens is 4. The van der Waals surface area contributed by atoms with Crippen LogP contribution in [-0.4, -0.2) is 38.0 Å². The van der Waals surface area contributed by atoms with Crippen LogP contribution < -0.4 is 0 Å². The van der Waals surface area contributed by atoms with Crippen molar-refractivity contribution in [3.05, 3.63) is 129 Å². The van der Waals surface area contributed by atoms with Crippen LogP contribution in [0.15, 0.2) is 97.6 Å². The number of aryl methyl sites for hydroxylation is 5. The molecule has 2 heterocycles. The first kappa shape index (κ1) is 38.0. The molecule has 0 unspecified atom stereocenters. The summed E-state index contributed by atoms with van der Waals surface area (Å²) in [5.41, 5.74) is 8.84. The van der Waals surface area contributed by atoms with Crippen LogP contribution in [0.2, 0.25) is 0 Å². The highest BCUT2D eigenvalue weighted by molar-refractivity contribution is 14.1. The molecule has 0 bridgehead atoms. The molecule has 0 saturated carbocycles. The van der Waals surface area contributed by atoms with E-state index >= 15 is 0 Å². The summed E-state index contributed by atoms with van der Waals surface area (Å²) in [5.74, 6) is 0. The van der Waals surface area contributed by atoms with E-state index in [4.69, 9.17) is 28.8 Å². The number of hydrogen-bond donors (Lipinski definition) is 0. The molecule has 10 nitrogen and oxygen atoms in total. The van der Waals surface area contributed by atoms with Gasteiger partial charge < -0.3 is 0 Å². The van der Waals surface area contributed by atoms with Gasteiger partial charge in [-0.2, -0.15) is 39.0 Å². The lowest BCUT2D eigenvalue weighted by Gasteiger charge is -2.04. The first-order chi connectivity index (χ1) is 20.6. The molecule has 0 aliphatic heterocycles. The summed E-state index contributed by atoms with van der Waals surface area (Å²) in [6.45, 7) is 10.6. The monoisotopic (exact) mass is 694 g/mol. The third kappa shape index (κ3) is 16.1. The molecule has 3 aromatic carbocycles. The van der Waals surface area contributed by atoms with Gasteiger partial charge in [-0.15, -0.1) is 0 Å². The van der Waals surface area contributed by atoms with E-state index in [0.29, 0.717) is 0 Å². The lowest BCUT2D eigenvalue weighted by molar-refractivity contribution is -0.193. The number of nitrogens with zero attached hydrogens (tertiary/aromatic N) is 4. The third-order valence-corrected chi connectivity index (χ3v) is 6.17. The van der Waals surface area contributed by atoms with Crippen LogP contribution >= 0.6 is 22.6 Å². The summed E-state index contributed by atoms with van der Waals surface area (Å²) in [4.78, 5) is 48.8. The molecule has 5 aromatic rings. The molecule has 0 atom stereocenters. The minimum atomic E-state index is 0.250. The van der Waals surface area contributed by atoms with Gasteiger partial charge in [0.15, 0.2) is 0 Å². The topological polar surface area (TPSA) is 138 Å². The number of carbonyl (C=O) groups excluding carboxylic acids is 6. The van der Waals surface area contributed by atoms with Crippen molar-refractivity contribution >= 4 is 41.0 Å². The predicted octanol–water partition coefficient (Wildman–Crippen LogP) is 5.83. The second-order valence-corrected chi connectivity index (χ2v) is 9.73. The van der Waals surface area contributed by atoms with E-state index < -0.39 is 0 Å². The second-order valence-electron chi connectivity index (χ2n) is 8.49. The van der Waals surface area contributed by atoms with E-state index in [9.17, 15) is 0 Å². The van der Waals surface area contributed by atoms with Gasteiger partial charge in [0.1, 0.15) is 0 Å². The normalized spacial score (nSPS) is 8.51. The van der Waals surface area contributed by atoms with E-state index in [0.717, 1.165) is 11.4 Å². The van der Waals surface area contributed by atoms with Crippen molar-refractivity contribution < 1.29 is 28.8 Å². The van der Waals surface area contributed by atoms with Crippen molar-refractivity contribution in [2.75, 3.05) is 0 Å². The Bertz CT molecular complexity index is 1570. The van der Waals surface area contributed by atoms with Gasteiger partial charge in [0.05, 0.1) is 11.4 Å². The maximum Gasteiger partial charge on any atom is 0.373 e. The smallest absolute Gasteiger partial charge is 0.241 e. The fourth-order valence-corrected chi connectivity index (χ4v) is 3.83. The van der Waals surface area contributed by atoms with Crippen LogP contribution in [0.1, 0.15) is 27.8 Å². The van der Waals surface area contributed by atoms with Crippen molar-refractivity contribution in [1.82, 2.24) is 19.6 Å². The minimum absolute atomic E-state index is 0.250. The molecule has 0 aliphatic rings. The van der Waals surface area contributed by atoms with E-state index in [1.807, 2.05) is 46.0 Å². The summed E-state index contributed by atoms with van der Waals surface area (Å²) in [6, 6.07) is 24.9. The minimum Gasteiger partial charge on any atom is -0.241 e. The molecule has 11 heteroatoms. The molecule has 2 aromatic heterocycles. The first-order valence-electron chi connectivity index (χ1n) is 12.4. The fourth-order valence-electron chi connectivity index (χ4n) is 3.19. The molecular formula is C32H31IN4O6. The highest BCUT2D eigenvalue weighted by Crippen LogP contribution is 2.13. The van der Waals surface area contributed by atoms with Crippen LogP contribution in [0.3, 0.4) is 0 Å². The molecule has 0 aliphatic carbocycles. The van der Waals surface area contributed by atoms with Crippen LogP contribution in [0.4, 0.5) is 0 Å². The summed E-state index contributed by atoms with van der Waals surface area (Å²) in [6.07, 6.45) is 8.20. The largest absolute Gasteiger partial charge is 0.373 e. The molecule has 5 rings (SSSR count). The Kier molecular flexibility index (Phi) is 20.0. The number of halogens is 1. The lowest BCUT2D eigenvalue weighted by Crippen LogP contribution is -1.95. The van der Waals surface area contributed by atoms with E-state index in [1.54, 1.807) is 12.4 Å². The van der Waals surface area contributed by atoms with Gasteiger partial charge in [-0.1, -0.05) is 24.3 Å². The maximum atomic E-state index is 8.12. The Morgan fingerprint density at radius 1 is 0.535 bits per heavy atom. The van der Waals surface area contributed by atoms with Crippen LogP contribution in [0.25, 0.3) is 11.4 Å². The van der Waals surface area contributed by atoms with Crippen molar-refractivity contribution in [3.8, 4) is 11.4 Å². The molecule has 0 amide bonds. The van der Waals surface area contributed by atoms with Crippen molar-refractivity contribution in [2.45, 2.75) is 34.6 Å². The Balaban J connectivity index is 0.000000546. The molecule has 222 valence electrons. The first-order valence-corrected chi connectivity index (χ1v) is 13.5. The number of rotatable bonds is 2. The third-order valence-electron chi connectivity index (χ3n) is 5.50. The standard InChI is InChI=1S/C11H12N2.C10H10N2.C8H9I.3CO2/c1-9-4-5-11(8-10(9)2)13-7-3-6-12-13;1-9-4-2-5-10(8-9)12-7-3-6-11-12;1-6-3-4-8(9)5-7(6)2;3*2-1-3/h3-8H,1-2H3;2-8H,1H3;3-5H,1-2H3;;;. The molecular weight excluding hydrogens is 663 g/mol. The quantitative estimate of drug-likeness (QED) is 0.211. The fraction of sp³-hybridized carbons (Fsp3) is 0.156. The van der Waals surface area contributed by atoms with Crippen molar-refractivity contribution in [1.29, 1.82) is 0 Å². The molecule has 0 saturated heterocycles. The Morgan fingerprint density at radius 2 is 0.977 bits per heavy atom. The van der Waals surface area contributed by atoms with Crippen LogP contribution in [0.5, 0.6) is 0 Å². The predicted molar refractivity (Wildman–Crippen MR) is 165 cm³/mol. The van der Waals surface area contributed by atoms with Crippen LogP contribution in [-0.2, 0) is 28.8 Å². The summed E-state index contributed by atoms with van der Waals surface area (Å²) >= 11 is 2.32. The maximum absolute atomic E-state index is 8.12. The zero-order valence-electron chi connectivity index (χ0n) is 24.4. The number of hydrogen-bond acceptors (Lipinski definition) is 8. The zero-order chi connectivity index (χ0) is 32.6. The van der Waals surface area contributed by atoms with E-state index in [2.05, 4.69) is 116 Å². The molecule has 0 fully saturated rings. The highest BCUT2D eigenvalue weighted by Gasteiger charge is 1.97. The van der Waals surface area contributed by atoms with E-state index in [1.165, 1.54) is 31.4 Å². The van der Waals surface area contributed by atoms with Gasteiger partial charge in [0.25, 0.3) is 0 Å². The van der Waals surface area contributed by atoms with E-state index in [-0.39, 0.29) is 18.5 Å². The average molecular weight is 695 g/mol. The highest BCUT2D eigenvalue weighted by atomic mass is 127. The van der Waals surface area contributed by atoms with Crippen molar-refractivity contribution in [2.24, 2.45) is 0 Å². The molecule has 0 spiro atoms. The molecule has 0 N–H and O–H groups in total. The van der Waals surface area contributed by atoms with Crippen molar-refractivity contribution in [3.63, 3.8) is 0 Å². The lowest BCUT2D eigenvalue weighted by atomic mass is 10.1. The average Bonchev–Trinajstić information content (AvgIpc) is 3.70. The zero-order valence-corrected chi connectivity index (χ0v) is 26.5. The van der Waals surface area contributed by atoms with Gasteiger partial charge in [-0.05, 0) is 134 Å². The Hall–Kier alpha value is -5.05. The van der Waals surface area contributed by atoms with Gasteiger partial charge >= 0.3 is 18.5 Å². The number of benzene rings is 3. The second kappa shape index (κ2) is 22.6. The molecule has 43 heavy (non-hydrogen) atoms. The summed E-state index contributed by atoms with van der Waals surface area (Å²) in [7, 11) is 0.